The van der Waals surface area contributed by atoms with Gasteiger partial charge in [-0.15, -0.1) is 0 Å². The van der Waals surface area contributed by atoms with Crippen molar-refractivity contribution < 1.29 is 0 Å². The maximum absolute atomic E-state index is 6.18. The standard InChI is InChI=1S/C22H31N5/c1-6-7-19-12-20(10-11-24-19)27-17(5)22(16(4)23)18-8-9-21(26-14-18)25-13-15(2)3/h8-12,14-15H,6-7,13,23H2,1-5H3,(H,25,26)/b22-16+,27-17?. The second-order valence-electron chi connectivity index (χ2n) is 7.22. The number of pyridine rings is 2. The summed E-state index contributed by atoms with van der Waals surface area (Å²) < 4.78 is 0. The zero-order chi connectivity index (χ0) is 19.8. The van der Waals surface area contributed by atoms with Gasteiger partial charge in [-0.3, -0.25) is 9.98 Å². The molecule has 0 radical (unpaired) electrons. The molecule has 144 valence electrons. The van der Waals surface area contributed by atoms with Gasteiger partial charge in [-0.2, -0.15) is 0 Å². The monoisotopic (exact) mass is 365 g/mol. The summed E-state index contributed by atoms with van der Waals surface area (Å²) in [4.78, 5) is 13.7. The van der Waals surface area contributed by atoms with Crippen LogP contribution in [0.25, 0.3) is 5.57 Å². The van der Waals surface area contributed by atoms with Crippen LogP contribution in [-0.4, -0.2) is 22.2 Å². The Balaban J connectivity index is 2.26. The predicted octanol–water partition coefficient (Wildman–Crippen LogP) is 4.98. The number of aliphatic imine (C=N–C) groups is 1. The number of hydrogen-bond acceptors (Lipinski definition) is 5. The van der Waals surface area contributed by atoms with Crippen LogP contribution < -0.4 is 11.1 Å². The summed E-state index contributed by atoms with van der Waals surface area (Å²) in [5.41, 5.74) is 11.6. The normalized spacial score (nSPS) is 12.9. The summed E-state index contributed by atoms with van der Waals surface area (Å²) in [5.74, 6) is 1.44. The molecule has 3 N–H and O–H groups in total. The first-order valence-corrected chi connectivity index (χ1v) is 9.58. The van der Waals surface area contributed by atoms with Gasteiger partial charge in [-0.1, -0.05) is 27.2 Å². The van der Waals surface area contributed by atoms with E-state index in [-0.39, 0.29) is 0 Å². The molecular weight excluding hydrogens is 334 g/mol. The molecule has 2 aromatic heterocycles. The van der Waals surface area contributed by atoms with Crippen molar-refractivity contribution in [2.24, 2.45) is 16.6 Å². The van der Waals surface area contributed by atoms with Crippen molar-refractivity contribution in [1.29, 1.82) is 0 Å². The molecule has 0 bridgehead atoms. The van der Waals surface area contributed by atoms with Crippen LogP contribution in [0.1, 0.15) is 52.3 Å². The minimum atomic E-state index is 0.570. The van der Waals surface area contributed by atoms with Gasteiger partial charge in [0, 0.05) is 47.2 Å². The Morgan fingerprint density at radius 3 is 2.56 bits per heavy atom. The molecule has 27 heavy (non-hydrogen) atoms. The van der Waals surface area contributed by atoms with Gasteiger partial charge in [0.25, 0.3) is 0 Å². The van der Waals surface area contributed by atoms with Gasteiger partial charge >= 0.3 is 0 Å². The lowest BCUT2D eigenvalue weighted by molar-refractivity contribution is 0.687. The van der Waals surface area contributed by atoms with E-state index in [0.717, 1.165) is 59.1 Å². The van der Waals surface area contributed by atoms with E-state index >= 15 is 0 Å². The SMILES string of the molecule is CCCc1cc(N=C(C)/C(=C(/C)N)c2ccc(NCC(C)C)nc2)ccn1. The zero-order valence-corrected chi connectivity index (χ0v) is 17.1. The van der Waals surface area contributed by atoms with Gasteiger partial charge < -0.3 is 11.1 Å². The van der Waals surface area contributed by atoms with E-state index in [1.807, 2.05) is 50.5 Å². The molecule has 0 unspecified atom stereocenters. The summed E-state index contributed by atoms with van der Waals surface area (Å²) in [5, 5.41) is 3.33. The van der Waals surface area contributed by atoms with E-state index in [4.69, 9.17) is 10.7 Å². The van der Waals surface area contributed by atoms with E-state index in [9.17, 15) is 0 Å². The van der Waals surface area contributed by atoms with Crippen molar-refractivity contribution >= 4 is 22.8 Å². The number of aryl methyl sites for hydroxylation is 1. The number of aromatic nitrogens is 2. The molecule has 0 saturated heterocycles. The molecule has 2 rings (SSSR count). The van der Waals surface area contributed by atoms with Crippen molar-refractivity contribution in [3.8, 4) is 0 Å². The second-order valence-corrected chi connectivity index (χ2v) is 7.22. The topological polar surface area (TPSA) is 76.2 Å². The predicted molar refractivity (Wildman–Crippen MR) is 115 cm³/mol. The molecule has 5 heteroatoms. The molecule has 5 nitrogen and oxygen atoms in total. The summed E-state index contributed by atoms with van der Waals surface area (Å²) in [6.45, 7) is 11.3. The summed E-state index contributed by atoms with van der Waals surface area (Å²) >= 11 is 0. The van der Waals surface area contributed by atoms with Crippen LogP contribution >= 0.6 is 0 Å². The third-order valence-corrected chi connectivity index (χ3v) is 4.10. The van der Waals surface area contributed by atoms with Crippen LogP contribution in [0.4, 0.5) is 11.5 Å². The molecule has 0 saturated carbocycles. The van der Waals surface area contributed by atoms with E-state index in [2.05, 4.69) is 36.1 Å². The second kappa shape index (κ2) is 9.86. The maximum atomic E-state index is 6.18. The van der Waals surface area contributed by atoms with E-state index in [0.29, 0.717) is 5.92 Å². The third-order valence-electron chi connectivity index (χ3n) is 4.10. The number of nitrogens with zero attached hydrogens (tertiary/aromatic N) is 3. The number of anilines is 1. The van der Waals surface area contributed by atoms with Crippen LogP contribution in [0.15, 0.2) is 47.3 Å². The summed E-state index contributed by atoms with van der Waals surface area (Å²) in [7, 11) is 0. The van der Waals surface area contributed by atoms with Gasteiger partial charge in [-0.25, -0.2) is 4.98 Å². The van der Waals surface area contributed by atoms with Crippen molar-refractivity contribution in [1.82, 2.24) is 9.97 Å². The Morgan fingerprint density at radius 2 is 1.96 bits per heavy atom. The fraction of sp³-hybridized carbons (Fsp3) is 0.409. The Labute approximate surface area is 162 Å². The Bertz CT molecular complexity index is 800. The number of nitrogens with one attached hydrogen (secondary N) is 1. The van der Waals surface area contributed by atoms with E-state index in [1.54, 1.807) is 0 Å². The lowest BCUT2D eigenvalue weighted by atomic mass is 10.0. The molecule has 2 aromatic rings. The lowest BCUT2D eigenvalue weighted by Crippen LogP contribution is -2.10. The smallest absolute Gasteiger partial charge is 0.125 e. The average Bonchev–Trinajstić information content (AvgIpc) is 2.61. The molecule has 0 fully saturated rings. The third kappa shape index (κ3) is 6.20. The van der Waals surface area contributed by atoms with Gasteiger partial charge in [0.05, 0.1) is 5.69 Å². The molecule has 0 aliphatic carbocycles. The Kier molecular flexibility index (Phi) is 7.53. The summed E-state index contributed by atoms with van der Waals surface area (Å²) in [6.07, 6.45) is 5.68. The highest BCUT2D eigenvalue weighted by Gasteiger charge is 2.10. The summed E-state index contributed by atoms with van der Waals surface area (Å²) in [6, 6.07) is 7.98. The van der Waals surface area contributed by atoms with Crippen LogP contribution in [0.5, 0.6) is 0 Å². The van der Waals surface area contributed by atoms with Crippen LogP contribution in [0, 0.1) is 5.92 Å². The van der Waals surface area contributed by atoms with Crippen molar-refractivity contribution in [2.75, 3.05) is 11.9 Å². The van der Waals surface area contributed by atoms with Crippen molar-refractivity contribution in [3.05, 3.63) is 53.6 Å². The minimum Gasteiger partial charge on any atom is -0.402 e. The Morgan fingerprint density at radius 1 is 1.19 bits per heavy atom. The van der Waals surface area contributed by atoms with Gasteiger partial charge in [-0.05, 0) is 50.5 Å². The Hall–Kier alpha value is -2.69. The van der Waals surface area contributed by atoms with Crippen molar-refractivity contribution in [2.45, 2.75) is 47.5 Å². The number of hydrogen-bond donors (Lipinski definition) is 2. The molecule has 0 spiro atoms. The highest BCUT2D eigenvalue weighted by molar-refractivity contribution is 6.24. The van der Waals surface area contributed by atoms with Gasteiger partial charge in [0.15, 0.2) is 0 Å². The number of rotatable bonds is 8. The number of nitrogens with two attached hydrogens (primary N) is 1. The minimum absolute atomic E-state index is 0.570. The van der Waals surface area contributed by atoms with E-state index in [1.165, 1.54) is 0 Å². The molecule has 0 aromatic carbocycles. The first-order chi connectivity index (χ1) is 12.9. The quantitative estimate of drug-likeness (QED) is 0.647. The average molecular weight is 366 g/mol. The lowest BCUT2D eigenvalue weighted by Gasteiger charge is -2.12. The first kappa shape index (κ1) is 20.6. The fourth-order valence-electron chi connectivity index (χ4n) is 2.85. The highest BCUT2D eigenvalue weighted by Crippen LogP contribution is 2.23. The highest BCUT2D eigenvalue weighted by atomic mass is 15.0. The molecule has 0 aliphatic heterocycles. The largest absolute Gasteiger partial charge is 0.402 e. The number of allylic oxidation sites excluding steroid dienone is 2. The van der Waals surface area contributed by atoms with Gasteiger partial charge in [0.2, 0.25) is 0 Å². The molecule has 0 amide bonds. The zero-order valence-electron chi connectivity index (χ0n) is 17.1. The van der Waals surface area contributed by atoms with Crippen molar-refractivity contribution in [3.63, 3.8) is 0 Å². The van der Waals surface area contributed by atoms with E-state index < -0.39 is 0 Å². The molecule has 0 atom stereocenters. The fourth-order valence-corrected chi connectivity index (χ4v) is 2.85. The van der Waals surface area contributed by atoms with Gasteiger partial charge in [0.1, 0.15) is 5.82 Å². The van der Waals surface area contributed by atoms with Crippen LogP contribution in [0.3, 0.4) is 0 Å². The molecular formula is C22H31N5. The first-order valence-electron chi connectivity index (χ1n) is 9.58. The van der Waals surface area contributed by atoms with Crippen LogP contribution in [0.2, 0.25) is 0 Å². The molecule has 0 aliphatic rings. The maximum Gasteiger partial charge on any atom is 0.125 e. The van der Waals surface area contributed by atoms with Crippen LogP contribution in [-0.2, 0) is 6.42 Å². The molecule has 2 heterocycles.